The zero-order chi connectivity index (χ0) is 10.3. The van der Waals surface area contributed by atoms with Gasteiger partial charge in [0, 0.05) is 12.6 Å². The summed E-state index contributed by atoms with van der Waals surface area (Å²) in [5.41, 5.74) is 5.70. The van der Waals surface area contributed by atoms with E-state index in [-0.39, 0.29) is 5.60 Å². The summed E-state index contributed by atoms with van der Waals surface area (Å²) in [6.45, 7) is 9.35. The second kappa shape index (κ2) is 6.39. The Kier molecular flexibility index (Phi) is 6.35. The summed E-state index contributed by atoms with van der Waals surface area (Å²) in [6.07, 6.45) is 4.48. The highest BCUT2D eigenvalue weighted by Crippen LogP contribution is 2.14. The smallest absolute Gasteiger partial charge is 0.0623 e. The summed E-state index contributed by atoms with van der Waals surface area (Å²) in [4.78, 5) is 0. The predicted octanol–water partition coefficient (Wildman–Crippen LogP) is 2.71. The first kappa shape index (κ1) is 12.9. The number of rotatable bonds is 7. The van der Waals surface area contributed by atoms with Crippen molar-refractivity contribution in [1.29, 1.82) is 0 Å². The molecule has 0 bridgehead atoms. The van der Waals surface area contributed by atoms with Crippen molar-refractivity contribution in [3.63, 3.8) is 0 Å². The number of nitrogens with two attached hydrogens (primary N) is 1. The molecule has 2 heteroatoms. The molecule has 0 saturated heterocycles. The third-order valence-electron chi connectivity index (χ3n) is 2.40. The van der Waals surface area contributed by atoms with Gasteiger partial charge in [-0.2, -0.15) is 0 Å². The van der Waals surface area contributed by atoms with Crippen LogP contribution in [-0.2, 0) is 4.74 Å². The van der Waals surface area contributed by atoms with Crippen LogP contribution < -0.4 is 5.73 Å². The molecule has 0 aromatic carbocycles. The standard InChI is InChI=1S/C11H25NO/c1-5-11(3,4)13-9-7-6-8-10(2)12/h10H,5-9,12H2,1-4H3. The van der Waals surface area contributed by atoms with E-state index in [1.54, 1.807) is 0 Å². The lowest BCUT2D eigenvalue weighted by Gasteiger charge is -2.23. The number of hydrogen-bond acceptors (Lipinski definition) is 2. The molecule has 0 spiro atoms. The highest BCUT2D eigenvalue weighted by molar-refractivity contribution is 4.65. The van der Waals surface area contributed by atoms with Gasteiger partial charge >= 0.3 is 0 Å². The summed E-state index contributed by atoms with van der Waals surface area (Å²) in [6, 6.07) is 0.333. The van der Waals surface area contributed by atoms with E-state index >= 15 is 0 Å². The fourth-order valence-corrected chi connectivity index (χ4v) is 1.02. The van der Waals surface area contributed by atoms with Gasteiger partial charge in [0.15, 0.2) is 0 Å². The van der Waals surface area contributed by atoms with Crippen molar-refractivity contribution in [2.24, 2.45) is 5.73 Å². The third kappa shape index (κ3) is 8.26. The maximum atomic E-state index is 5.72. The topological polar surface area (TPSA) is 35.2 Å². The molecule has 2 nitrogen and oxygen atoms in total. The fourth-order valence-electron chi connectivity index (χ4n) is 1.02. The molecular weight excluding hydrogens is 162 g/mol. The molecule has 1 atom stereocenters. The Balaban J connectivity index is 3.26. The minimum Gasteiger partial charge on any atom is -0.376 e. The predicted molar refractivity (Wildman–Crippen MR) is 57.8 cm³/mol. The van der Waals surface area contributed by atoms with Gasteiger partial charge in [-0.1, -0.05) is 6.92 Å². The third-order valence-corrected chi connectivity index (χ3v) is 2.40. The van der Waals surface area contributed by atoms with Crippen molar-refractivity contribution in [2.45, 2.75) is 65.0 Å². The Morgan fingerprint density at radius 1 is 1.31 bits per heavy atom. The average molecular weight is 187 g/mol. The van der Waals surface area contributed by atoms with Gasteiger partial charge in [0.1, 0.15) is 0 Å². The summed E-state index contributed by atoms with van der Waals surface area (Å²) in [5, 5.41) is 0. The molecule has 2 N–H and O–H groups in total. The first-order chi connectivity index (χ1) is 5.98. The second-order valence-electron chi connectivity index (χ2n) is 4.43. The highest BCUT2D eigenvalue weighted by Gasteiger charge is 2.14. The molecule has 0 amide bonds. The van der Waals surface area contributed by atoms with E-state index in [1.807, 2.05) is 0 Å². The normalized spacial score (nSPS) is 14.5. The molecule has 1 unspecified atom stereocenters. The molecule has 0 aliphatic rings. The van der Waals surface area contributed by atoms with Crippen LogP contribution in [0.5, 0.6) is 0 Å². The molecule has 0 radical (unpaired) electrons. The van der Waals surface area contributed by atoms with E-state index in [1.165, 1.54) is 6.42 Å². The number of unbranched alkanes of at least 4 members (excludes halogenated alkanes) is 1. The summed E-state index contributed by atoms with van der Waals surface area (Å²) in [5.74, 6) is 0. The van der Waals surface area contributed by atoms with Crippen LogP contribution in [0.3, 0.4) is 0 Å². The monoisotopic (exact) mass is 187 g/mol. The van der Waals surface area contributed by atoms with Crippen LogP contribution >= 0.6 is 0 Å². The lowest BCUT2D eigenvalue weighted by atomic mass is 10.1. The van der Waals surface area contributed by atoms with Crippen molar-refractivity contribution in [2.75, 3.05) is 6.61 Å². The van der Waals surface area contributed by atoms with Crippen molar-refractivity contribution in [1.82, 2.24) is 0 Å². The zero-order valence-corrected chi connectivity index (χ0v) is 9.60. The lowest BCUT2D eigenvalue weighted by molar-refractivity contribution is -0.0217. The van der Waals surface area contributed by atoms with Gasteiger partial charge in [0.2, 0.25) is 0 Å². The maximum absolute atomic E-state index is 5.72. The van der Waals surface area contributed by atoms with Crippen LogP contribution in [0.2, 0.25) is 0 Å². The van der Waals surface area contributed by atoms with E-state index in [0.717, 1.165) is 25.9 Å². The molecule has 0 rings (SSSR count). The lowest BCUT2D eigenvalue weighted by Crippen LogP contribution is -2.23. The first-order valence-corrected chi connectivity index (χ1v) is 5.37. The highest BCUT2D eigenvalue weighted by atomic mass is 16.5. The van der Waals surface area contributed by atoms with Gasteiger partial charge in [0.05, 0.1) is 5.60 Å². The molecule has 0 saturated carbocycles. The Hall–Kier alpha value is -0.0800. The minimum atomic E-state index is 0.0499. The minimum absolute atomic E-state index is 0.0499. The fraction of sp³-hybridized carbons (Fsp3) is 1.00. The molecule has 13 heavy (non-hydrogen) atoms. The van der Waals surface area contributed by atoms with Crippen LogP contribution in [0.25, 0.3) is 0 Å². The first-order valence-electron chi connectivity index (χ1n) is 5.37. The molecular formula is C11H25NO. The molecule has 0 aromatic heterocycles. The Morgan fingerprint density at radius 3 is 2.38 bits per heavy atom. The maximum Gasteiger partial charge on any atom is 0.0623 e. The summed E-state index contributed by atoms with van der Waals surface area (Å²) >= 11 is 0. The van der Waals surface area contributed by atoms with Gasteiger partial charge in [-0.15, -0.1) is 0 Å². The largest absolute Gasteiger partial charge is 0.376 e. The Morgan fingerprint density at radius 2 is 1.92 bits per heavy atom. The average Bonchev–Trinajstić information content (AvgIpc) is 2.03. The molecule has 0 aromatic rings. The van der Waals surface area contributed by atoms with Crippen LogP contribution in [0.15, 0.2) is 0 Å². The van der Waals surface area contributed by atoms with Gasteiger partial charge in [-0.25, -0.2) is 0 Å². The van der Waals surface area contributed by atoms with Crippen molar-refractivity contribution < 1.29 is 4.74 Å². The van der Waals surface area contributed by atoms with Gasteiger partial charge in [-0.3, -0.25) is 0 Å². The SMILES string of the molecule is CCC(C)(C)OCCCCC(C)N. The van der Waals surface area contributed by atoms with Crippen LogP contribution in [0, 0.1) is 0 Å². The van der Waals surface area contributed by atoms with Crippen LogP contribution in [0.4, 0.5) is 0 Å². The van der Waals surface area contributed by atoms with Crippen molar-refractivity contribution in [3.8, 4) is 0 Å². The molecule has 0 heterocycles. The van der Waals surface area contributed by atoms with E-state index < -0.39 is 0 Å². The van der Waals surface area contributed by atoms with E-state index in [2.05, 4.69) is 27.7 Å². The molecule has 0 aliphatic heterocycles. The van der Waals surface area contributed by atoms with Gasteiger partial charge in [0.25, 0.3) is 0 Å². The summed E-state index contributed by atoms with van der Waals surface area (Å²) in [7, 11) is 0. The van der Waals surface area contributed by atoms with E-state index in [9.17, 15) is 0 Å². The number of ether oxygens (including phenoxy) is 1. The molecule has 0 fully saturated rings. The van der Waals surface area contributed by atoms with E-state index in [0.29, 0.717) is 6.04 Å². The van der Waals surface area contributed by atoms with Gasteiger partial charge < -0.3 is 10.5 Å². The zero-order valence-electron chi connectivity index (χ0n) is 9.60. The van der Waals surface area contributed by atoms with Crippen LogP contribution in [0.1, 0.15) is 53.4 Å². The van der Waals surface area contributed by atoms with Crippen molar-refractivity contribution in [3.05, 3.63) is 0 Å². The quantitative estimate of drug-likeness (QED) is 0.622. The van der Waals surface area contributed by atoms with Crippen molar-refractivity contribution >= 4 is 0 Å². The van der Waals surface area contributed by atoms with Crippen LogP contribution in [-0.4, -0.2) is 18.2 Å². The molecule has 0 aliphatic carbocycles. The molecule has 80 valence electrons. The number of hydrogen-bond donors (Lipinski definition) is 1. The Labute approximate surface area is 82.8 Å². The summed E-state index contributed by atoms with van der Waals surface area (Å²) < 4.78 is 5.72. The van der Waals surface area contributed by atoms with Gasteiger partial charge in [-0.05, 0) is 46.5 Å². The Bertz CT molecular complexity index is 121. The second-order valence-corrected chi connectivity index (χ2v) is 4.43. The van der Waals surface area contributed by atoms with E-state index in [4.69, 9.17) is 10.5 Å².